The second-order valence-corrected chi connectivity index (χ2v) is 5.61. The van der Waals surface area contributed by atoms with Gasteiger partial charge in [-0.3, -0.25) is 0 Å². The van der Waals surface area contributed by atoms with Gasteiger partial charge in [-0.05, 0) is 43.0 Å². The maximum absolute atomic E-state index is 6.16. The number of hydrogen-bond acceptors (Lipinski definition) is 4. The second-order valence-electron chi connectivity index (χ2n) is 5.61. The normalized spacial score (nSPS) is 23.6. The Balaban J connectivity index is 2.05. The summed E-state index contributed by atoms with van der Waals surface area (Å²) in [5.74, 6) is 2.21. The Morgan fingerprint density at radius 1 is 1.20 bits per heavy atom. The van der Waals surface area contributed by atoms with Crippen LogP contribution >= 0.6 is 0 Å². The van der Waals surface area contributed by atoms with Gasteiger partial charge in [-0.2, -0.15) is 0 Å². The van der Waals surface area contributed by atoms with E-state index in [2.05, 4.69) is 24.0 Å². The molecule has 0 spiro atoms. The summed E-state index contributed by atoms with van der Waals surface area (Å²) in [5, 5.41) is 0. The van der Waals surface area contributed by atoms with Crippen LogP contribution in [0.4, 0.5) is 0 Å². The van der Waals surface area contributed by atoms with E-state index in [9.17, 15) is 0 Å². The molecule has 2 unspecified atom stereocenters. The first kappa shape index (κ1) is 15.1. The number of rotatable bonds is 5. The maximum Gasteiger partial charge on any atom is 0.160 e. The van der Waals surface area contributed by atoms with E-state index in [0.717, 1.165) is 44.0 Å². The fourth-order valence-electron chi connectivity index (χ4n) is 3.10. The van der Waals surface area contributed by atoms with Crippen molar-refractivity contribution in [2.24, 2.45) is 11.7 Å². The molecule has 1 aromatic rings. The molecule has 2 rings (SSSR count). The summed E-state index contributed by atoms with van der Waals surface area (Å²) >= 11 is 0. The van der Waals surface area contributed by atoms with Gasteiger partial charge >= 0.3 is 0 Å². The number of piperidine rings is 1. The van der Waals surface area contributed by atoms with E-state index in [1.54, 1.807) is 14.2 Å². The SMILES string of the molecule is CCN1CC(N)CC(Cc2ccc(OC)c(OC)c2)C1. The van der Waals surface area contributed by atoms with Crippen molar-refractivity contribution in [3.05, 3.63) is 23.8 Å². The minimum atomic E-state index is 0.300. The summed E-state index contributed by atoms with van der Waals surface area (Å²) in [7, 11) is 3.34. The molecule has 112 valence electrons. The molecule has 1 aliphatic rings. The molecule has 2 N–H and O–H groups in total. The van der Waals surface area contributed by atoms with E-state index in [-0.39, 0.29) is 0 Å². The van der Waals surface area contributed by atoms with Crippen molar-refractivity contribution in [2.75, 3.05) is 33.9 Å². The van der Waals surface area contributed by atoms with Crippen LogP contribution in [0.1, 0.15) is 18.9 Å². The number of likely N-dealkylation sites (tertiary alicyclic amines) is 1. The highest BCUT2D eigenvalue weighted by Crippen LogP contribution is 2.29. The zero-order valence-corrected chi connectivity index (χ0v) is 12.8. The van der Waals surface area contributed by atoms with Crippen molar-refractivity contribution in [3.63, 3.8) is 0 Å². The van der Waals surface area contributed by atoms with Crippen LogP contribution in [0.25, 0.3) is 0 Å². The Bertz CT molecular complexity index is 436. The molecule has 0 aliphatic carbocycles. The quantitative estimate of drug-likeness (QED) is 0.894. The first-order valence-electron chi connectivity index (χ1n) is 7.35. The molecule has 4 heteroatoms. The van der Waals surface area contributed by atoms with Gasteiger partial charge in [0.05, 0.1) is 14.2 Å². The van der Waals surface area contributed by atoms with Crippen LogP contribution < -0.4 is 15.2 Å². The summed E-state index contributed by atoms with van der Waals surface area (Å²) in [6, 6.07) is 6.48. The molecular weight excluding hydrogens is 252 g/mol. The van der Waals surface area contributed by atoms with Crippen molar-refractivity contribution in [1.82, 2.24) is 4.90 Å². The Morgan fingerprint density at radius 3 is 2.60 bits per heavy atom. The highest BCUT2D eigenvalue weighted by atomic mass is 16.5. The molecule has 0 aromatic heterocycles. The molecule has 20 heavy (non-hydrogen) atoms. The zero-order valence-electron chi connectivity index (χ0n) is 12.8. The third-order valence-electron chi connectivity index (χ3n) is 4.06. The molecule has 0 bridgehead atoms. The Hall–Kier alpha value is -1.26. The molecule has 4 nitrogen and oxygen atoms in total. The topological polar surface area (TPSA) is 47.7 Å². The van der Waals surface area contributed by atoms with Gasteiger partial charge < -0.3 is 20.1 Å². The third kappa shape index (κ3) is 3.64. The molecular formula is C16H26N2O2. The van der Waals surface area contributed by atoms with Crippen molar-refractivity contribution < 1.29 is 9.47 Å². The van der Waals surface area contributed by atoms with Crippen LogP contribution in [0.15, 0.2) is 18.2 Å². The van der Waals surface area contributed by atoms with E-state index in [1.807, 2.05) is 6.07 Å². The average molecular weight is 278 g/mol. The fraction of sp³-hybridized carbons (Fsp3) is 0.625. The van der Waals surface area contributed by atoms with Gasteiger partial charge in [0, 0.05) is 19.1 Å². The fourth-order valence-corrected chi connectivity index (χ4v) is 3.10. The van der Waals surface area contributed by atoms with Gasteiger partial charge in [-0.25, -0.2) is 0 Å². The monoisotopic (exact) mass is 278 g/mol. The van der Waals surface area contributed by atoms with Gasteiger partial charge in [0.15, 0.2) is 11.5 Å². The van der Waals surface area contributed by atoms with E-state index in [0.29, 0.717) is 12.0 Å². The lowest BCUT2D eigenvalue weighted by atomic mass is 9.89. The summed E-state index contributed by atoms with van der Waals surface area (Å²) in [6.45, 7) is 5.44. The molecule has 0 amide bonds. The first-order valence-corrected chi connectivity index (χ1v) is 7.35. The molecule has 1 heterocycles. The molecule has 1 fully saturated rings. The minimum Gasteiger partial charge on any atom is -0.493 e. The van der Waals surface area contributed by atoms with Gasteiger partial charge in [-0.15, -0.1) is 0 Å². The van der Waals surface area contributed by atoms with Gasteiger partial charge in [0.1, 0.15) is 0 Å². The molecule has 1 aromatic carbocycles. The standard InChI is InChI=1S/C16H26N2O2/c1-4-18-10-13(8-14(17)11-18)7-12-5-6-15(19-2)16(9-12)20-3/h5-6,9,13-14H,4,7-8,10-11,17H2,1-3H3. The van der Waals surface area contributed by atoms with E-state index < -0.39 is 0 Å². The van der Waals surface area contributed by atoms with E-state index >= 15 is 0 Å². The predicted molar refractivity (Wildman–Crippen MR) is 81.4 cm³/mol. The number of hydrogen-bond donors (Lipinski definition) is 1. The lowest BCUT2D eigenvalue weighted by Gasteiger charge is -2.35. The first-order chi connectivity index (χ1) is 9.66. The maximum atomic E-state index is 6.16. The van der Waals surface area contributed by atoms with E-state index in [1.165, 1.54) is 5.56 Å². The highest BCUT2D eigenvalue weighted by molar-refractivity contribution is 5.43. The van der Waals surface area contributed by atoms with Gasteiger partial charge in [0.25, 0.3) is 0 Å². The van der Waals surface area contributed by atoms with Crippen LogP contribution in [0.2, 0.25) is 0 Å². The van der Waals surface area contributed by atoms with Gasteiger partial charge in [-0.1, -0.05) is 13.0 Å². The minimum absolute atomic E-state index is 0.300. The van der Waals surface area contributed by atoms with Crippen molar-refractivity contribution >= 4 is 0 Å². The highest BCUT2D eigenvalue weighted by Gasteiger charge is 2.24. The molecule has 0 radical (unpaired) electrons. The summed E-state index contributed by atoms with van der Waals surface area (Å²) < 4.78 is 10.6. The van der Waals surface area contributed by atoms with Crippen molar-refractivity contribution in [3.8, 4) is 11.5 Å². The Labute approximate surface area is 121 Å². The number of nitrogens with zero attached hydrogens (tertiary/aromatic N) is 1. The summed E-state index contributed by atoms with van der Waals surface area (Å²) in [4.78, 5) is 2.44. The smallest absolute Gasteiger partial charge is 0.160 e. The van der Waals surface area contributed by atoms with Crippen LogP contribution in [-0.4, -0.2) is 44.8 Å². The van der Waals surface area contributed by atoms with Crippen LogP contribution in [0.3, 0.4) is 0 Å². The number of ether oxygens (including phenoxy) is 2. The largest absolute Gasteiger partial charge is 0.493 e. The summed E-state index contributed by atoms with van der Waals surface area (Å²) in [5.41, 5.74) is 7.45. The van der Waals surface area contributed by atoms with Crippen LogP contribution in [-0.2, 0) is 6.42 Å². The third-order valence-corrected chi connectivity index (χ3v) is 4.06. The number of likely N-dealkylation sites (N-methyl/N-ethyl adjacent to an activating group) is 1. The number of benzene rings is 1. The van der Waals surface area contributed by atoms with Gasteiger partial charge in [0.2, 0.25) is 0 Å². The molecule has 0 saturated carbocycles. The zero-order chi connectivity index (χ0) is 14.5. The van der Waals surface area contributed by atoms with Crippen molar-refractivity contribution in [1.29, 1.82) is 0 Å². The second kappa shape index (κ2) is 6.95. The lowest BCUT2D eigenvalue weighted by molar-refractivity contribution is 0.163. The van der Waals surface area contributed by atoms with E-state index in [4.69, 9.17) is 15.2 Å². The van der Waals surface area contributed by atoms with Crippen LogP contribution in [0, 0.1) is 5.92 Å². The lowest BCUT2D eigenvalue weighted by Crippen LogP contribution is -2.47. The molecule has 1 saturated heterocycles. The van der Waals surface area contributed by atoms with Crippen molar-refractivity contribution in [2.45, 2.75) is 25.8 Å². The number of nitrogens with two attached hydrogens (primary N) is 1. The summed E-state index contributed by atoms with van der Waals surface area (Å²) in [6.07, 6.45) is 2.15. The molecule has 2 atom stereocenters. The van der Waals surface area contributed by atoms with Crippen LogP contribution in [0.5, 0.6) is 11.5 Å². The molecule has 1 aliphatic heterocycles. The Kier molecular flexibility index (Phi) is 5.26. The Morgan fingerprint density at radius 2 is 1.95 bits per heavy atom. The number of methoxy groups -OCH3 is 2. The average Bonchev–Trinajstić information content (AvgIpc) is 2.46. The predicted octanol–water partition coefficient (Wildman–Crippen LogP) is 1.92.